The molecule has 2 aromatic carbocycles. The maximum atomic E-state index is 13.1. The zero-order chi connectivity index (χ0) is 21.3. The molecule has 6 heteroatoms. The van der Waals surface area contributed by atoms with Crippen LogP contribution in [0.3, 0.4) is 0 Å². The van der Waals surface area contributed by atoms with Gasteiger partial charge in [0.15, 0.2) is 0 Å². The molecule has 1 aliphatic heterocycles. The highest BCUT2D eigenvalue weighted by atomic mass is 32.1. The zero-order valence-electron chi connectivity index (χ0n) is 17.2. The molecule has 0 spiro atoms. The maximum Gasteiger partial charge on any atom is 0.341 e. The van der Waals surface area contributed by atoms with Crippen LogP contribution in [0, 0.1) is 13.8 Å². The van der Waals surface area contributed by atoms with Crippen LogP contribution >= 0.6 is 11.3 Å². The van der Waals surface area contributed by atoms with Crippen molar-refractivity contribution in [2.75, 3.05) is 11.9 Å². The summed E-state index contributed by atoms with van der Waals surface area (Å²) in [6, 6.07) is 15.6. The van der Waals surface area contributed by atoms with Gasteiger partial charge in [0.1, 0.15) is 16.5 Å². The number of fused-ring (bicyclic) bond motifs is 2. The number of para-hydroxylation sites is 2. The zero-order valence-corrected chi connectivity index (χ0v) is 18.0. The monoisotopic (exact) mass is 421 g/mol. The number of benzene rings is 2. The van der Waals surface area contributed by atoms with Crippen molar-refractivity contribution in [3.63, 3.8) is 0 Å². The number of carbonyl (C=O) groups excluding carboxylic acids is 2. The molecule has 4 rings (SSSR count). The SMILES string of the molecule is CCOC(=O)c1c(NC(=O)CC2c3ccccc3Oc3ccccc32)sc(C)c1C. The first-order valence-corrected chi connectivity index (χ1v) is 10.7. The molecule has 0 bridgehead atoms. The maximum absolute atomic E-state index is 13.1. The Balaban J connectivity index is 1.62. The summed E-state index contributed by atoms with van der Waals surface area (Å²) < 4.78 is 11.2. The summed E-state index contributed by atoms with van der Waals surface area (Å²) in [5.74, 6) is 0.849. The molecule has 0 saturated heterocycles. The first-order valence-electron chi connectivity index (χ1n) is 9.92. The van der Waals surface area contributed by atoms with Crippen LogP contribution in [-0.2, 0) is 9.53 Å². The van der Waals surface area contributed by atoms with Crippen LogP contribution in [0.2, 0.25) is 0 Å². The average Bonchev–Trinajstić information content (AvgIpc) is 3.01. The van der Waals surface area contributed by atoms with Gasteiger partial charge in [-0.3, -0.25) is 4.79 Å². The van der Waals surface area contributed by atoms with Crippen LogP contribution in [0.15, 0.2) is 48.5 Å². The van der Waals surface area contributed by atoms with Crippen LogP contribution in [0.5, 0.6) is 11.5 Å². The summed E-state index contributed by atoms with van der Waals surface area (Å²) in [5, 5.41) is 3.50. The molecule has 0 radical (unpaired) electrons. The molecule has 0 fully saturated rings. The molecule has 2 heterocycles. The highest BCUT2D eigenvalue weighted by Crippen LogP contribution is 2.45. The topological polar surface area (TPSA) is 64.6 Å². The number of nitrogens with one attached hydrogen (secondary N) is 1. The molecule has 30 heavy (non-hydrogen) atoms. The summed E-state index contributed by atoms with van der Waals surface area (Å²) in [7, 11) is 0. The van der Waals surface area contributed by atoms with Gasteiger partial charge in [-0.25, -0.2) is 4.79 Å². The van der Waals surface area contributed by atoms with Crippen molar-refractivity contribution in [3.05, 3.63) is 75.7 Å². The lowest BCUT2D eigenvalue weighted by Crippen LogP contribution is -2.20. The first-order chi connectivity index (χ1) is 14.5. The Morgan fingerprint density at radius 1 is 1.03 bits per heavy atom. The van der Waals surface area contributed by atoms with E-state index in [1.807, 2.05) is 62.4 Å². The van der Waals surface area contributed by atoms with E-state index >= 15 is 0 Å². The van der Waals surface area contributed by atoms with Crippen molar-refractivity contribution in [1.82, 2.24) is 0 Å². The van der Waals surface area contributed by atoms with E-state index in [0.29, 0.717) is 10.6 Å². The largest absolute Gasteiger partial charge is 0.462 e. The number of ether oxygens (including phenoxy) is 2. The number of aryl methyl sites for hydroxylation is 1. The lowest BCUT2D eigenvalue weighted by molar-refractivity contribution is -0.116. The van der Waals surface area contributed by atoms with Crippen molar-refractivity contribution in [2.24, 2.45) is 0 Å². The van der Waals surface area contributed by atoms with E-state index in [9.17, 15) is 9.59 Å². The van der Waals surface area contributed by atoms with E-state index in [0.717, 1.165) is 33.1 Å². The highest BCUT2D eigenvalue weighted by molar-refractivity contribution is 7.16. The van der Waals surface area contributed by atoms with Gasteiger partial charge >= 0.3 is 5.97 Å². The van der Waals surface area contributed by atoms with E-state index in [-0.39, 0.29) is 24.9 Å². The molecule has 0 atom stereocenters. The Bertz CT molecular complexity index is 1070. The quantitative estimate of drug-likeness (QED) is 0.528. The van der Waals surface area contributed by atoms with Gasteiger partial charge in [-0.1, -0.05) is 36.4 Å². The van der Waals surface area contributed by atoms with Crippen molar-refractivity contribution in [2.45, 2.75) is 33.1 Å². The molecule has 3 aromatic rings. The number of rotatable bonds is 5. The number of esters is 1. The molecular formula is C24H23NO4S. The fourth-order valence-electron chi connectivity index (χ4n) is 3.76. The number of hydrogen-bond donors (Lipinski definition) is 1. The number of amides is 1. The molecule has 5 nitrogen and oxygen atoms in total. The number of carbonyl (C=O) groups is 2. The second kappa shape index (κ2) is 8.32. The fourth-order valence-corrected chi connectivity index (χ4v) is 4.82. The van der Waals surface area contributed by atoms with Crippen molar-refractivity contribution >= 4 is 28.2 Å². The van der Waals surface area contributed by atoms with Crippen LogP contribution in [0.25, 0.3) is 0 Å². The Labute approximate surface area is 179 Å². The molecule has 154 valence electrons. The minimum Gasteiger partial charge on any atom is -0.462 e. The number of hydrogen-bond acceptors (Lipinski definition) is 5. The molecule has 1 N–H and O–H groups in total. The van der Waals surface area contributed by atoms with Crippen molar-refractivity contribution < 1.29 is 19.1 Å². The van der Waals surface area contributed by atoms with Gasteiger partial charge < -0.3 is 14.8 Å². The Hall–Kier alpha value is -3.12. The second-order valence-electron chi connectivity index (χ2n) is 7.19. The normalized spacial score (nSPS) is 12.5. The second-order valence-corrected chi connectivity index (χ2v) is 8.42. The van der Waals surface area contributed by atoms with Crippen LogP contribution in [0.1, 0.15) is 51.2 Å². The van der Waals surface area contributed by atoms with Gasteiger partial charge in [0, 0.05) is 28.3 Å². The molecule has 0 saturated carbocycles. The van der Waals surface area contributed by atoms with Gasteiger partial charge in [-0.15, -0.1) is 11.3 Å². The Kier molecular flexibility index (Phi) is 5.59. The number of thiophene rings is 1. The predicted molar refractivity (Wildman–Crippen MR) is 118 cm³/mol. The van der Waals surface area contributed by atoms with Gasteiger partial charge in [0.25, 0.3) is 0 Å². The summed E-state index contributed by atoms with van der Waals surface area (Å²) in [6.07, 6.45) is 0.246. The van der Waals surface area contributed by atoms with E-state index in [4.69, 9.17) is 9.47 Å². The van der Waals surface area contributed by atoms with E-state index in [2.05, 4.69) is 5.32 Å². The summed E-state index contributed by atoms with van der Waals surface area (Å²) in [5.41, 5.74) is 3.25. The van der Waals surface area contributed by atoms with Gasteiger partial charge in [0.05, 0.1) is 12.2 Å². The van der Waals surface area contributed by atoms with Gasteiger partial charge in [-0.05, 0) is 38.5 Å². The van der Waals surface area contributed by atoms with E-state index in [1.54, 1.807) is 6.92 Å². The summed E-state index contributed by atoms with van der Waals surface area (Å²) in [4.78, 5) is 26.5. The van der Waals surface area contributed by atoms with E-state index < -0.39 is 5.97 Å². The van der Waals surface area contributed by atoms with Gasteiger partial charge in [0.2, 0.25) is 5.91 Å². The third-order valence-electron chi connectivity index (χ3n) is 5.32. The molecule has 1 aliphatic rings. The lowest BCUT2D eigenvalue weighted by atomic mass is 9.85. The standard InChI is InChI=1S/C24H23NO4S/c1-4-28-24(27)22-14(2)15(3)30-23(22)25-21(26)13-18-16-9-5-7-11-19(16)29-20-12-8-6-10-17(18)20/h5-12,18H,4,13H2,1-3H3,(H,25,26). The summed E-state index contributed by atoms with van der Waals surface area (Å²) in [6.45, 7) is 5.86. The van der Waals surface area contributed by atoms with Crippen molar-refractivity contribution in [1.29, 1.82) is 0 Å². The fraction of sp³-hybridized carbons (Fsp3) is 0.250. The third-order valence-corrected chi connectivity index (χ3v) is 6.44. The Morgan fingerprint density at radius 2 is 1.63 bits per heavy atom. The minimum absolute atomic E-state index is 0.126. The molecule has 1 amide bonds. The molecule has 0 aliphatic carbocycles. The van der Waals surface area contributed by atoms with Crippen LogP contribution < -0.4 is 10.1 Å². The van der Waals surface area contributed by atoms with Gasteiger partial charge in [-0.2, -0.15) is 0 Å². The van der Waals surface area contributed by atoms with E-state index in [1.165, 1.54) is 11.3 Å². The first kappa shape index (κ1) is 20.2. The smallest absolute Gasteiger partial charge is 0.341 e. The lowest BCUT2D eigenvalue weighted by Gasteiger charge is -2.27. The average molecular weight is 422 g/mol. The predicted octanol–water partition coefficient (Wildman–Crippen LogP) is 5.81. The van der Waals surface area contributed by atoms with Crippen LogP contribution in [-0.4, -0.2) is 18.5 Å². The Morgan fingerprint density at radius 3 is 2.23 bits per heavy atom. The molecule has 1 aromatic heterocycles. The van der Waals surface area contributed by atoms with Crippen molar-refractivity contribution in [3.8, 4) is 11.5 Å². The number of anilines is 1. The third kappa shape index (κ3) is 3.71. The summed E-state index contributed by atoms with van der Waals surface area (Å²) >= 11 is 1.40. The molecule has 0 unspecified atom stereocenters. The minimum atomic E-state index is -0.406. The molecular weight excluding hydrogens is 398 g/mol. The highest BCUT2D eigenvalue weighted by Gasteiger charge is 2.29. The van der Waals surface area contributed by atoms with Crippen LogP contribution in [0.4, 0.5) is 5.00 Å².